The van der Waals surface area contributed by atoms with Crippen molar-refractivity contribution in [1.82, 2.24) is 20.0 Å². The number of imidazole rings is 1. The van der Waals surface area contributed by atoms with Crippen LogP contribution < -0.4 is 5.43 Å². The van der Waals surface area contributed by atoms with E-state index in [2.05, 4.69) is 33.0 Å². The molecule has 1 N–H and O–H groups in total. The van der Waals surface area contributed by atoms with Crippen LogP contribution in [-0.4, -0.2) is 53.5 Å². The molecule has 1 amide bonds. The molecule has 0 atom stereocenters. The van der Waals surface area contributed by atoms with Crippen LogP contribution in [0.25, 0.3) is 17.1 Å². The molecular weight excluding hydrogens is 586 g/mol. The highest BCUT2D eigenvalue weighted by Crippen LogP contribution is 2.33. The second kappa shape index (κ2) is 9.30. The molecular formula is C21H19Cl2IN4O3S. The number of aromatic nitrogens is 2. The van der Waals surface area contributed by atoms with Gasteiger partial charge in [0.1, 0.15) is 5.82 Å². The predicted octanol–water partition coefficient (Wildman–Crippen LogP) is 4.13. The lowest BCUT2D eigenvalue weighted by Gasteiger charge is -2.26. The van der Waals surface area contributed by atoms with Gasteiger partial charge in [0.15, 0.2) is 15.5 Å². The molecule has 0 bridgehead atoms. The zero-order valence-electron chi connectivity index (χ0n) is 17.0. The number of carbonyl (C=O) groups excluding carboxylic acids is 1. The molecule has 0 aliphatic carbocycles. The van der Waals surface area contributed by atoms with Crippen LogP contribution in [0.1, 0.15) is 16.2 Å². The van der Waals surface area contributed by atoms with Gasteiger partial charge in [-0.2, -0.15) is 0 Å². The average Bonchev–Trinajstić information content (AvgIpc) is 3.07. The van der Waals surface area contributed by atoms with Gasteiger partial charge in [-0.3, -0.25) is 14.8 Å². The third kappa shape index (κ3) is 4.96. The molecule has 32 heavy (non-hydrogen) atoms. The molecule has 1 aromatic heterocycles. The molecule has 0 saturated carbocycles. The van der Waals surface area contributed by atoms with E-state index in [0.29, 0.717) is 27.1 Å². The summed E-state index contributed by atoms with van der Waals surface area (Å²) in [7, 11) is -3.05. The maximum Gasteiger partial charge on any atom is 0.286 e. The number of rotatable bonds is 4. The van der Waals surface area contributed by atoms with Gasteiger partial charge in [0, 0.05) is 32.9 Å². The monoisotopic (exact) mass is 604 g/mol. The Bertz CT molecular complexity index is 1280. The molecule has 1 fully saturated rings. The molecule has 2 aromatic carbocycles. The van der Waals surface area contributed by atoms with Crippen molar-refractivity contribution in [3.63, 3.8) is 0 Å². The van der Waals surface area contributed by atoms with E-state index >= 15 is 0 Å². The number of hydrazine groups is 1. The van der Waals surface area contributed by atoms with Crippen LogP contribution >= 0.6 is 45.8 Å². The van der Waals surface area contributed by atoms with Crippen molar-refractivity contribution in [2.75, 3.05) is 24.6 Å². The summed E-state index contributed by atoms with van der Waals surface area (Å²) in [5.41, 5.74) is 5.13. The van der Waals surface area contributed by atoms with Gasteiger partial charge in [-0.15, -0.1) is 0 Å². The molecule has 2 heterocycles. The summed E-state index contributed by atoms with van der Waals surface area (Å²) < 4.78 is 26.3. The second-order valence-corrected chi connectivity index (χ2v) is 11.8. The van der Waals surface area contributed by atoms with Crippen LogP contribution in [-0.2, 0) is 9.84 Å². The smallest absolute Gasteiger partial charge is 0.286 e. The standard InChI is InChI=1S/C21H19Cl2IN4O3S/c1-13-19(21(29)26-27-8-10-32(30,31)11-9-27)25-20(17-7-2-14(22)12-18(17)23)28(13)16-5-3-15(24)4-6-16/h2-7,12H,8-11H2,1H3,(H,26,29). The van der Waals surface area contributed by atoms with Crippen molar-refractivity contribution >= 4 is 61.5 Å². The van der Waals surface area contributed by atoms with E-state index in [9.17, 15) is 13.2 Å². The summed E-state index contributed by atoms with van der Waals surface area (Å²) in [5.74, 6) is 0.124. The molecule has 0 spiro atoms. The third-order valence-electron chi connectivity index (χ3n) is 5.18. The SMILES string of the molecule is Cc1c(C(=O)NN2CCS(=O)(=O)CC2)nc(-c2ccc(Cl)cc2Cl)n1-c1ccc(I)cc1. The van der Waals surface area contributed by atoms with Crippen LogP contribution in [0.4, 0.5) is 0 Å². The molecule has 3 aromatic rings. The highest BCUT2D eigenvalue weighted by Gasteiger charge is 2.27. The fourth-order valence-electron chi connectivity index (χ4n) is 3.50. The molecule has 0 radical (unpaired) electrons. The Labute approximate surface area is 209 Å². The molecule has 0 unspecified atom stereocenters. The number of hydrogen-bond donors (Lipinski definition) is 1. The van der Waals surface area contributed by atoms with Gasteiger partial charge >= 0.3 is 0 Å². The summed E-state index contributed by atoms with van der Waals surface area (Å²) in [4.78, 5) is 17.7. The fourth-order valence-corrected chi connectivity index (χ4v) is 5.55. The van der Waals surface area contributed by atoms with Crippen molar-refractivity contribution < 1.29 is 13.2 Å². The van der Waals surface area contributed by atoms with Gasteiger partial charge in [0.2, 0.25) is 0 Å². The Balaban J connectivity index is 1.75. The first-order chi connectivity index (χ1) is 15.1. The summed E-state index contributed by atoms with van der Waals surface area (Å²) in [5, 5.41) is 2.53. The predicted molar refractivity (Wildman–Crippen MR) is 134 cm³/mol. The number of carbonyl (C=O) groups is 1. The number of amides is 1. The van der Waals surface area contributed by atoms with E-state index in [-0.39, 0.29) is 30.3 Å². The molecule has 1 aliphatic rings. The zero-order valence-corrected chi connectivity index (χ0v) is 21.5. The number of halogens is 3. The van der Waals surface area contributed by atoms with E-state index in [1.54, 1.807) is 23.2 Å². The van der Waals surface area contributed by atoms with Crippen LogP contribution in [0.3, 0.4) is 0 Å². The van der Waals surface area contributed by atoms with Crippen LogP contribution in [0.15, 0.2) is 42.5 Å². The minimum Gasteiger partial charge on any atom is -0.296 e. The van der Waals surface area contributed by atoms with Gasteiger partial charge in [-0.25, -0.2) is 18.4 Å². The number of nitrogens with one attached hydrogen (secondary N) is 1. The third-order valence-corrected chi connectivity index (χ3v) is 8.06. The Morgan fingerprint density at radius 1 is 1.09 bits per heavy atom. The minimum atomic E-state index is -3.05. The molecule has 1 saturated heterocycles. The zero-order chi connectivity index (χ0) is 23.0. The number of hydrogen-bond acceptors (Lipinski definition) is 5. The first-order valence-electron chi connectivity index (χ1n) is 9.72. The largest absolute Gasteiger partial charge is 0.296 e. The Morgan fingerprint density at radius 3 is 2.38 bits per heavy atom. The van der Waals surface area contributed by atoms with E-state index in [1.165, 1.54) is 0 Å². The molecule has 4 rings (SSSR count). The van der Waals surface area contributed by atoms with Crippen molar-refractivity contribution in [3.05, 3.63) is 67.5 Å². The van der Waals surface area contributed by atoms with Crippen molar-refractivity contribution in [1.29, 1.82) is 0 Å². The van der Waals surface area contributed by atoms with Gasteiger partial charge in [-0.1, -0.05) is 23.2 Å². The topological polar surface area (TPSA) is 84.3 Å². The first-order valence-corrected chi connectivity index (χ1v) is 13.4. The number of nitrogens with zero attached hydrogens (tertiary/aromatic N) is 3. The Hall–Kier alpha value is -1.66. The van der Waals surface area contributed by atoms with Crippen LogP contribution in [0.2, 0.25) is 10.0 Å². The van der Waals surface area contributed by atoms with Crippen molar-refractivity contribution in [3.8, 4) is 17.1 Å². The van der Waals surface area contributed by atoms with Crippen LogP contribution in [0, 0.1) is 10.5 Å². The van der Waals surface area contributed by atoms with Crippen molar-refractivity contribution in [2.45, 2.75) is 6.92 Å². The van der Waals surface area contributed by atoms with Gasteiger partial charge in [0.05, 0.1) is 22.2 Å². The summed E-state index contributed by atoms with van der Waals surface area (Å²) in [6, 6.07) is 13.0. The maximum atomic E-state index is 13.1. The van der Waals surface area contributed by atoms with Gasteiger partial charge in [-0.05, 0) is 72.0 Å². The minimum absolute atomic E-state index is 0.00891. The average molecular weight is 605 g/mol. The van der Waals surface area contributed by atoms with E-state index in [4.69, 9.17) is 23.2 Å². The summed E-state index contributed by atoms with van der Waals surface area (Å²) in [6.45, 7) is 2.29. The summed E-state index contributed by atoms with van der Waals surface area (Å²) in [6.07, 6.45) is 0. The van der Waals surface area contributed by atoms with Crippen LogP contribution in [0.5, 0.6) is 0 Å². The van der Waals surface area contributed by atoms with Gasteiger partial charge in [0.25, 0.3) is 5.91 Å². The highest BCUT2D eigenvalue weighted by molar-refractivity contribution is 14.1. The fraction of sp³-hybridized carbons (Fsp3) is 0.238. The lowest BCUT2D eigenvalue weighted by Crippen LogP contribution is -2.50. The molecule has 11 heteroatoms. The van der Waals surface area contributed by atoms with E-state index in [1.807, 2.05) is 35.8 Å². The second-order valence-electron chi connectivity index (χ2n) is 7.39. The molecule has 168 valence electrons. The first kappa shape index (κ1) is 23.5. The quantitative estimate of drug-likeness (QED) is 0.453. The molecule has 1 aliphatic heterocycles. The number of benzene rings is 2. The van der Waals surface area contributed by atoms with Crippen molar-refractivity contribution in [2.24, 2.45) is 0 Å². The number of sulfone groups is 1. The van der Waals surface area contributed by atoms with Gasteiger partial charge < -0.3 is 0 Å². The maximum absolute atomic E-state index is 13.1. The molecule has 7 nitrogen and oxygen atoms in total. The van der Waals surface area contributed by atoms with E-state index < -0.39 is 15.7 Å². The Kier molecular flexibility index (Phi) is 6.83. The summed E-state index contributed by atoms with van der Waals surface area (Å²) >= 11 is 14.8. The normalized spacial score (nSPS) is 16.1. The Morgan fingerprint density at radius 2 is 1.75 bits per heavy atom. The highest BCUT2D eigenvalue weighted by atomic mass is 127. The van der Waals surface area contributed by atoms with E-state index in [0.717, 1.165) is 9.26 Å². The lowest BCUT2D eigenvalue weighted by atomic mass is 10.2. The lowest BCUT2D eigenvalue weighted by molar-refractivity contribution is 0.0796.